The molecule has 2 aliphatic heterocycles. The molecule has 1 N–H and O–H groups in total. The van der Waals surface area contributed by atoms with Gasteiger partial charge >= 0.3 is 12.3 Å². The topological polar surface area (TPSA) is 71.1 Å². The van der Waals surface area contributed by atoms with Gasteiger partial charge in [0, 0.05) is 48.4 Å². The van der Waals surface area contributed by atoms with Crippen LogP contribution in [0.1, 0.15) is 31.2 Å². The van der Waals surface area contributed by atoms with Crippen LogP contribution in [0.2, 0.25) is 0 Å². The summed E-state index contributed by atoms with van der Waals surface area (Å²) in [5, 5.41) is 3.27. The van der Waals surface area contributed by atoms with Gasteiger partial charge in [-0.2, -0.15) is 13.2 Å². The van der Waals surface area contributed by atoms with Gasteiger partial charge in [0.15, 0.2) is 0 Å². The summed E-state index contributed by atoms with van der Waals surface area (Å²) in [6, 6.07) is 5.30. The first-order chi connectivity index (χ1) is 15.7. The van der Waals surface area contributed by atoms with Crippen LogP contribution >= 0.6 is 0 Å². The quantitative estimate of drug-likeness (QED) is 0.632. The molecule has 1 unspecified atom stereocenters. The molecule has 3 atom stereocenters. The summed E-state index contributed by atoms with van der Waals surface area (Å²) in [6.45, 7) is 1.76. The Morgan fingerprint density at radius 1 is 1.18 bits per heavy atom. The number of anilines is 1. The Bertz CT molecular complexity index is 818. The van der Waals surface area contributed by atoms with E-state index in [2.05, 4.69) is 5.32 Å². The number of alkyl halides is 3. The van der Waals surface area contributed by atoms with E-state index in [-0.39, 0.29) is 30.5 Å². The van der Waals surface area contributed by atoms with E-state index in [0.29, 0.717) is 38.4 Å². The minimum Gasteiger partial charge on any atom is -0.453 e. The number of likely N-dealkylation sites (tertiary alicyclic amines) is 1. The molecule has 0 radical (unpaired) electrons. The predicted molar refractivity (Wildman–Crippen MR) is 121 cm³/mol. The summed E-state index contributed by atoms with van der Waals surface area (Å²) >= 11 is 0. The number of carbonyl (C=O) groups is 1. The van der Waals surface area contributed by atoms with Crippen LogP contribution in [0.15, 0.2) is 24.3 Å². The third kappa shape index (κ3) is 6.83. The molecule has 0 saturated carbocycles. The lowest BCUT2D eigenvalue weighted by Crippen LogP contribution is -2.58. The highest BCUT2D eigenvalue weighted by atomic mass is 32.2. The van der Waals surface area contributed by atoms with Crippen LogP contribution in [0.3, 0.4) is 0 Å². The van der Waals surface area contributed by atoms with Crippen molar-refractivity contribution in [3.8, 4) is 0 Å². The Morgan fingerprint density at radius 2 is 1.88 bits per heavy atom. The van der Waals surface area contributed by atoms with Crippen molar-refractivity contribution >= 4 is 22.6 Å². The van der Waals surface area contributed by atoms with Gasteiger partial charge in [-0.1, -0.05) is 12.1 Å². The summed E-state index contributed by atoms with van der Waals surface area (Å²) in [6.07, 6.45) is -0.506. The van der Waals surface area contributed by atoms with E-state index in [1.165, 1.54) is 19.2 Å². The van der Waals surface area contributed by atoms with Crippen LogP contribution in [-0.4, -0.2) is 78.9 Å². The molecule has 2 saturated heterocycles. The molecule has 2 aliphatic rings. The molecule has 3 rings (SSSR count). The third-order valence-electron chi connectivity index (χ3n) is 6.23. The summed E-state index contributed by atoms with van der Waals surface area (Å²) in [5.74, 6) is 0.327. The fourth-order valence-corrected chi connectivity index (χ4v) is 5.01. The molecule has 2 heterocycles. The first kappa shape index (κ1) is 25.8. The molecule has 186 valence electrons. The SMILES string of the molecule is COC(=O)N1CCC[C@H](NCS(C)=O)[C@@H]1COC1CCN(c2ccccc2C(F)(F)F)CC1. The molecule has 7 nitrogen and oxygen atoms in total. The van der Waals surface area contributed by atoms with E-state index in [4.69, 9.17) is 9.47 Å². The van der Waals surface area contributed by atoms with Crippen LogP contribution in [0.5, 0.6) is 0 Å². The van der Waals surface area contributed by atoms with Gasteiger partial charge in [-0.25, -0.2) is 4.79 Å². The molecule has 0 aliphatic carbocycles. The van der Waals surface area contributed by atoms with E-state index in [0.717, 1.165) is 18.9 Å². The minimum absolute atomic E-state index is 0.0690. The number of rotatable bonds is 7. The number of benzene rings is 1. The second-order valence-corrected chi connectivity index (χ2v) is 9.87. The van der Waals surface area contributed by atoms with Crippen LogP contribution in [-0.2, 0) is 26.4 Å². The number of ether oxygens (including phenoxy) is 2. The molecular weight excluding hydrogens is 459 g/mol. The number of hydrogen-bond acceptors (Lipinski definition) is 6. The van der Waals surface area contributed by atoms with Gasteiger partial charge in [0.2, 0.25) is 0 Å². The number of para-hydroxylation sites is 1. The second-order valence-electron chi connectivity index (χ2n) is 8.44. The number of nitrogens with zero attached hydrogens (tertiary/aromatic N) is 2. The third-order valence-corrected chi connectivity index (χ3v) is 6.80. The maximum Gasteiger partial charge on any atom is 0.418 e. The zero-order valence-electron chi connectivity index (χ0n) is 19.0. The van der Waals surface area contributed by atoms with Crippen LogP contribution in [0.25, 0.3) is 0 Å². The van der Waals surface area contributed by atoms with Gasteiger partial charge in [0.05, 0.1) is 37.3 Å². The average Bonchev–Trinajstić information content (AvgIpc) is 2.80. The standard InChI is InChI=1S/C22H32F3N3O4S/c1-31-21(29)28-11-5-7-18(26-15-33(2)30)20(28)14-32-16-9-12-27(13-10-16)19-8-4-3-6-17(19)22(23,24)25/h3-4,6,8,16,18,20,26H,5,7,9-15H2,1-2H3/t18-,20-,33?/m0/s1. The lowest BCUT2D eigenvalue weighted by Gasteiger charge is -2.42. The average molecular weight is 492 g/mol. The smallest absolute Gasteiger partial charge is 0.418 e. The van der Waals surface area contributed by atoms with Crippen molar-refractivity contribution in [3.63, 3.8) is 0 Å². The molecule has 1 aromatic rings. The van der Waals surface area contributed by atoms with Crippen molar-refractivity contribution in [2.24, 2.45) is 0 Å². The number of methoxy groups -OCH3 is 1. The van der Waals surface area contributed by atoms with Gasteiger partial charge in [-0.15, -0.1) is 0 Å². The van der Waals surface area contributed by atoms with Crippen LogP contribution < -0.4 is 10.2 Å². The fraction of sp³-hybridized carbons (Fsp3) is 0.682. The summed E-state index contributed by atoms with van der Waals surface area (Å²) in [5.41, 5.74) is -0.424. The Hall–Kier alpha value is -1.85. The predicted octanol–water partition coefficient (Wildman–Crippen LogP) is 3.22. The second kappa shape index (κ2) is 11.5. The summed E-state index contributed by atoms with van der Waals surface area (Å²) < 4.78 is 62.7. The number of carbonyl (C=O) groups excluding carboxylic acids is 1. The highest BCUT2D eigenvalue weighted by Crippen LogP contribution is 2.37. The highest BCUT2D eigenvalue weighted by Gasteiger charge is 2.37. The van der Waals surface area contributed by atoms with Gasteiger partial charge in [0.25, 0.3) is 0 Å². The molecule has 11 heteroatoms. The van der Waals surface area contributed by atoms with Gasteiger partial charge in [-0.05, 0) is 37.8 Å². The minimum atomic E-state index is -4.40. The van der Waals surface area contributed by atoms with Crippen molar-refractivity contribution in [2.45, 2.75) is 50.0 Å². The van der Waals surface area contributed by atoms with Crippen LogP contribution in [0, 0.1) is 0 Å². The maximum atomic E-state index is 13.4. The van der Waals surface area contributed by atoms with E-state index >= 15 is 0 Å². The first-order valence-corrected chi connectivity index (χ1v) is 12.8. The van der Waals surface area contributed by atoms with E-state index in [9.17, 15) is 22.2 Å². The highest BCUT2D eigenvalue weighted by molar-refractivity contribution is 7.84. The Kier molecular flexibility index (Phi) is 9.00. The molecule has 1 aromatic carbocycles. The molecule has 0 aromatic heterocycles. The van der Waals surface area contributed by atoms with Crippen LogP contribution in [0.4, 0.5) is 23.7 Å². The molecule has 1 amide bonds. The zero-order valence-corrected chi connectivity index (χ0v) is 19.8. The molecule has 2 fully saturated rings. The Morgan fingerprint density at radius 3 is 2.52 bits per heavy atom. The number of amides is 1. The maximum absolute atomic E-state index is 13.4. The molecular formula is C22H32F3N3O4S. The van der Waals surface area contributed by atoms with E-state index < -0.39 is 28.6 Å². The van der Waals surface area contributed by atoms with Crippen molar-refractivity contribution < 1.29 is 31.6 Å². The molecule has 0 bridgehead atoms. The zero-order chi connectivity index (χ0) is 24.0. The monoisotopic (exact) mass is 491 g/mol. The van der Waals surface area contributed by atoms with Crippen molar-refractivity contribution in [1.29, 1.82) is 0 Å². The number of nitrogens with one attached hydrogen (secondary N) is 1. The number of piperidine rings is 2. The summed E-state index contributed by atoms with van der Waals surface area (Å²) in [4.78, 5) is 15.7. The van der Waals surface area contributed by atoms with Crippen molar-refractivity contribution in [1.82, 2.24) is 10.2 Å². The lowest BCUT2D eigenvalue weighted by atomic mass is 9.97. The van der Waals surface area contributed by atoms with Gasteiger partial charge in [-0.3, -0.25) is 4.21 Å². The number of hydrogen-bond donors (Lipinski definition) is 1. The summed E-state index contributed by atoms with van der Waals surface area (Å²) in [7, 11) is 0.323. The number of halogens is 3. The largest absolute Gasteiger partial charge is 0.453 e. The van der Waals surface area contributed by atoms with Gasteiger partial charge < -0.3 is 24.6 Å². The molecule has 33 heavy (non-hydrogen) atoms. The molecule has 0 spiro atoms. The van der Waals surface area contributed by atoms with Crippen molar-refractivity contribution in [2.75, 3.05) is 50.4 Å². The van der Waals surface area contributed by atoms with E-state index in [1.807, 2.05) is 0 Å². The Balaban J connectivity index is 1.60. The fourth-order valence-electron chi connectivity index (χ4n) is 4.56. The Labute approximate surface area is 195 Å². The van der Waals surface area contributed by atoms with Crippen molar-refractivity contribution in [3.05, 3.63) is 29.8 Å². The normalized spacial score (nSPS) is 23.4. The lowest BCUT2D eigenvalue weighted by molar-refractivity contribution is -0.137. The first-order valence-electron chi connectivity index (χ1n) is 11.1. The van der Waals surface area contributed by atoms with Gasteiger partial charge in [0.1, 0.15) is 0 Å². The van der Waals surface area contributed by atoms with E-state index in [1.54, 1.807) is 22.1 Å².